The molecule has 0 amide bonds. The topological polar surface area (TPSA) is 81.3 Å². The molecular formula is C16H15BrN2O4S. The lowest BCUT2D eigenvalue weighted by atomic mass is 10.1. The van der Waals surface area contributed by atoms with Crippen molar-refractivity contribution in [1.29, 1.82) is 0 Å². The van der Waals surface area contributed by atoms with Crippen molar-refractivity contribution in [2.24, 2.45) is 7.05 Å². The molecule has 3 aromatic rings. The van der Waals surface area contributed by atoms with Gasteiger partial charge in [-0.05, 0) is 36.8 Å². The van der Waals surface area contributed by atoms with E-state index in [0.29, 0.717) is 5.52 Å². The highest BCUT2D eigenvalue weighted by Gasteiger charge is 2.20. The average Bonchev–Trinajstić information content (AvgIpc) is 2.81. The first-order valence-corrected chi connectivity index (χ1v) is 9.43. The zero-order valence-electron chi connectivity index (χ0n) is 13.0. The molecule has 24 heavy (non-hydrogen) atoms. The van der Waals surface area contributed by atoms with E-state index in [0.717, 1.165) is 10.0 Å². The van der Waals surface area contributed by atoms with Gasteiger partial charge in [-0.25, -0.2) is 17.9 Å². The highest BCUT2D eigenvalue weighted by Crippen LogP contribution is 2.22. The summed E-state index contributed by atoms with van der Waals surface area (Å²) in [4.78, 5) is 11.6. The standard InChI is InChI=1S/C16H15BrN2O4S/c1-10(11-4-3-5-12(17)8-11)18-24(21,22)13-6-7-14-15(9-13)23-16(20)19(14)2/h3-10,18H,1-2H3/t10-/m0/s1. The summed E-state index contributed by atoms with van der Waals surface area (Å²) >= 11 is 3.37. The summed E-state index contributed by atoms with van der Waals surface area (Å²) in [6.07, 6.45) is 0. The summed E-state index contributed by atoms with van der Waals surface area (Å²) in [5, 5.41) is 0. The molecular weight excluding hydrogens is 396 g/mol. The lowest BCUT2D eigenvalue weighted by Gasteiger charge is -2.15. The van der Waals surface area contributed by atoms with Gasteiger partial charge in [-0.15, -0.1) is 0 Å². The third-order valence-electron chi connectivity index (χ3n) is 3.75. The minimum Gasteiger partial charge on any atom is -0.408 e. The summed E-state index contributed by atoms with van der Waals surface area (Å²) in [5.74, 6) is -0.532. The van der Waals surface area contributed by atoms with E-state index in [1.54, 1.807) is 20.0 Å². The third kappa shape index (κ3) is 3.17. The quantitative estimate of drug-likeness (QED) is 0.716. The van der Waals surface area contributed by atoms with Crippen LogP contribution in [0.4, 0.5) is 0 Å². The second kappa shape index (κ2) is 6.19. The SMILES string of the molecule is C[C@H](NS(=O)(=O)c1ccc2c(c1)oc(=O)n2C)c1cccc(Br)c1. The van der Waals surface area contributed by atoms with E-state index in [4.69, 9.17) is 4.42 Å². The molecule has 0 fully saturated rings. The molecule has 8 heteroatoms. The Bertz CT molecular complexity index is 1070. The first-order chi connectivity index (χ1) is 11.3. The first kappa shape index (κ1) is 16.9. The Kier molecular flexibility index (Phi) is 4.37. The van der Waals surface area contributed by atoms with Crippen molar-refractivity contribution in [3.05, 3.63) is 63.1 Å². The molecule has 6 nitrogen and oxygen atoms in total. The summed E-state index contributed by atoms with van der Waals surface area (Å²) < 4.78 is 35.0. The molecule has 1 aromatic heterocycles. The molecule has 1 heterocycles. The number of nitrogens with one attached hydrogen (secondary N) is 1. The molecule has 1 atom stereocenters. The normalized spacial score (nSPS) is 13.3. The number of hydrogen-bond donors (Lipinski definition) is 1. The fraction of sp³-hybridized carbons (Fsp3) is 0.188. The van der Waals surface area contributed by atoms with E-state index in [2.05, 4.69) is 20.7 Å². The number of benzene rings is 2. The van der Waals surface area contributed by atoms with Crippen LogP contribution in [0.3, 0.4) is 0 Å². The van der Waals surface area contributed by atoms with Gasteiger partial charge in [0.2, 0.25) is 10.0 Å². The molecule has 0 aliphatic heterocycles. The highest BCUT2D eigenvalue weighted by molar-refractivity contribution is 9.10. The third-order valence-corrected chi connectivity index (χ3v) is 5.79. The second-order valence-corrected chi connectivity index (χ2v) is 8.08. The number of oxazole rings is 1. The van der Waals surface area contributed by atoms with Gasteiger partial charge in [0.25, 0.3) is 0 Å². The van der Waals surface area contributed by atoms with E-state index in [1.807, 2.05) is 24.3 Å². The van der Waals surface area contributed by atoms with Crippen molar-refractivity contribution in [2.45, 2.75) is 17.9 Å². The molecule has 3 rings (SSSR count). The van der Waals surface area contributed by atoms with E-state index >= 15 is 0 Å². The van der Waals surface area contributed by atoms with Crippen LogP contribution in [0.2, 0.25) is 0 Å². The number of hydrogen-bond acceptors (Lipinski definition) is 4. The van der Waals surface area contributed by atoms with E-state index in [9.17, 15) is 13.2 Å². The van der Waals surface area contributed by atoms with Gasteiger partial charge < -0.3 is 4.42 Å². The van der Waals surface area contributed by atoms with E-state index < -0.39 is 21.8 Å². The number of halogens is 1. The number of aryl methyl sites for hydroxylation is 1. The van der Waals surface area contributed by atoms with E-state index in [1.165, 1.54) is 16.7 Å². The van der Waals surface area contributed by atoms with Gasteiger partial charge in [0, 0.05) is 23.6 Å². The van der Waals surface area contributed by atoms with Crippen LogP contribution in [0.25, 0.3) is 11.1 Å². The highest BCUT2D eigenvalue weighted by atomic mass is 79.9. The molecule has 0 radical (unpaired) electrons. The van der Waals surface area contributed by atoms with Crippen molar-refractivity contribution in [3.8, 4) is 0 Å². The molecule has 0 aliphatic rings. The smallest absolute Gasteiger partial charge is 0.408 e. The lowest BCUT2D eigenvalue weighted by Crippen LogP contribution is -2.26. The molecule has 0 saturated carbocycles. The molecule has 0 bridgehead atoms. The van der Waals surface area contributed by atoms with Crippen molar-refractivity contribution >= 4 is 37.1 Å². The molecule has 1 N–H and O–H groups in total. The van der Waals surface area contributed by atoms with Gasteiger partial charge in [0.05, 0.1) is 10.4 Å². The number of rotatable bonds is 4. The van der Waals surface area contributed by atoms with Gasteiger partial charge in [-0.2, -0.15) is 0 Å². The molecule has 126 valence electrons. The summed E-state index contributed by atoms with van der Waals surface area (Å²) in [6, 6.07) is 11.4. The van der Waals surface area contributed by atoms with Crippen molar-refractivity contribution in [3.63, 3.8) is 0 Å². The van der Waals surface area contributed by atoms with Crippen molar-refractivity contribution in [1.82, 2.24) is 9.29 Å². The number of nitrogens with zero attached hydrogens (tertiary/aromatic N) is 1. The van der Waals surface area contributed by atoms with Crippen LogP contribution >= 0.6 is 15.9 Å². The molecule has 0 saturated heterocycles. The number of aromatic nitrogens is 1. The maximum absolute atomic E-state index is 12.6. The Morgan fingerprint density at radius 2 is 1.96 bits per heavy atom. The van der Waals surface area contributed by atoms with Crippen LogP contribution in [0.1, 0.15) is 18.5 Å². The van der Waals surface area contributed by atoms with Gasteiger partial charge in [-0.1, -0.05) is 28.1 Å². The van der Waals surface area contributed by atoms with Crippen LogP contribution in [0, 0.1) is 0 Å². The maximum Gasteiger partial charge on any atom is 0.419 e. The zero-order chi connectivity index (χ0) is 17.5. The van der Waals surface area contributed by atoms with Crippen LogP contribution in [0.5, 0.6) is 0 Å². The predicted octanol–water partition coefficient (Wildman–Crippen LogP) is 2.93. The summed E-state index contributed by atoms with van der Waals surface area (Å²) in [6.45, 7) is 1.76. The second-order valence-electron chi connectivity index (χ2n) is 5.45. The number of fused-ring (bicyclic) bond motifs is 1. The zero-order valence-corrected chi connectivity index (χ0v) is 15.4. The minimum absolute atomic E-state index is 0.0474. The van der Waals surface area contributed by atoms with E-state index in [-0.39, 0.29) is 10.5 Å². The Labute approximate surface area is 147 Å². The largest absolute Gasteiger partial charge is 0.419 e. The summed E-state index contributed by atoms with van der Waals surface area (Å²) in [5.41, 5.74) is 1.61. The van der Waals surface area contributed by atoms with Gasteiger partial charge in [0.15, 0.2) is 5.58 Å². The Balaban J connectivity index is 1.94. The van der Waals surface area contributed by atoms with Crippen LogP contribution < -0.4 is 10.5 Å². The number of sulfonamides is 1. The van der Waals surface area contributed by atoms with Gasteiger partial charge >= 0.3 is 5.76 Å². The minimum atomic E-state index is -3.75. The Hall–Kier alpha value is -1.90. The molecule has 0 spiro atoms. The van der Waals surface area contributed by atoms with Crippen molar-refractivity contribution < 1.29 is 12.8 Å². The van der Waals surface area contributed by atoms with Crippen molar-refractivity contribution in [2.75, 3.05) is 0 Å². The lowest BCUT2D eigenvalue weighted by molar-refractivity contribution is 0.527. The molecule has 0 aliphatic carbocycles. The Morgan fingerprint density at radius 1 is 1.21 bits per heavy atom. The summed E-state index contributed by atoms with van der Waals surface area (Å²) in [7, 11) is -2.19. The molecule has 0 unspecified atom stereocenters. The van der Waals surface area contributed by atoms with Crippen LogP contribution in [-0.4, -0.2) is 13.0 Å². The maximum atomic E-state index is 12.6. The van der Waals surface area contributed by atoms with Gasteiger partial charge in [0.1, 0.15) is 0 Å². The molecule has 2 aromatic carbocycles. The average molecular weight is 411 g/mol. The fourth-order valence-electron chi connectivity index (χ4n) is 2.43. The van der Waals surface area contributed by atoms with Gasteiger partial charge in [-0.3, -0.25) is 4.57 Å². The fourth-order valence-corrected chi connectivity index (χ4v) is 4.09. The predicted molar refractivity (Wildman–Crippen MR) is 94.3 cm³/mol. The first-order valence-electron chi connectivity index (χ1n) is 7.15. The van der Waals surface area contributed by atoms with Crippen LogP contribution in [0.15, 0.2) is 61.0 Å². The monoisotopic (exact) mass is 410 g/mol. The Morgan fingerprint density at radius 3 is 2.67 bits per heavy atom. The van der Waals surface area contributed by atoms with Crippen LogP contribution in [-0.2, 0) is 17.1 Å².